The fraction of sp³-hybridized carbons (Fsp3) is 0.500. The molecule has 4 aromatic rings. The molecule has 8 amide bonds. The molecule has 1 saturated heterocycles. The topological polar surface area (TPSA) is 400 Å². The summed E-state index contributed by atoms with van der Waals surface area (Å²) in [6.45, 7) is 8.21. The number of amides is 8. The number of likely N-dealkylation sites (tertiary alicyclic amines) is 1. The van der Waals surface area contributed by atoms with E-state index in [0.717, 1.165) is 5.56 Å². The lowest BCUT2D eigenvalue weighted by atomic mass is 9.96. The summed E-state index contributed by atoms with van der Waals surface area (Å²) < 4.78 is 0. The summed E-state index contributed by atoms with van der Waals surface area (Å²) in [4.78, 5) is 147. The molecule has 26 heteroatoms. The zero-order valence-electron chi connectivity index (χ0n) is 47.4. The number of phenolic OH excluding ortho intramolecular Hbond substituents is 1. The number of aromatic nitrogens is 4. The number of imidazole rings is 2. The van der Waals surface area contributed by atoms with Gasteiger partial charge in [0.1, 0.15) is 48.0 Å². The number of benzene rings is 2. The van der Waals surface area contributed by atoms with Crippen molar-refractivity contribution in [1.29, 1.82) is 0 Å². The number of nitrogens with one attached hydrogen (secondary N) is 8. The first kappa shape index (κ1) is 64.1. The molecule has 1 fully saturated rings. The number of guanidine groups is 1. The van der Waals surface area contributed by atoms with Gasteiger partial charge in [-0.25, -0.2) is 9.97 Å². The predicted molar refractivity (Wildman–Crippen MR) is 303 cm³/mol. The Morgan fingerprint density at radius 2 is 1.27 bits per heavy atom. The summed E-state index contributed by atoms with van der Waals surface area (Å²) in [5, 5.41) is 26.9. The number of likely N-dealkylation sites (N-methyl/N-ethyl adjacent to an activating group) is 1. The Morgan fingerprint density at radius 3 is 1.83 bits per heavy atom. The second-order valence-electron chi connectivity index (χ2n) is 20.9. The van der Waals surface area contributed by atoms with Crippen LogP contribution in [0.1, 0.15) is 89.2 Å². The number of aromatic amines is 2. The summed E-state index contributed by atoms with van der Waals surface area (Å²) in [5.74, 6) is -7.06. The molecular formula is C56H80N16O10. The Kier molecular flexibility index (Phi) is 24.5. The zero-order chi connectivity index (χ0) is 60.0. The van der Waals surface area contributed by atoms with Crippen LogP contribution in [-0.2, 0) is 68.8 Å². The van der Waals surface area contributed by atoms with Gasteiger partial charge in [-0.3, -0.25) is 48.1 Å². The Labute approximate surface area is 476 Å². The highest BCUT2D eigenvalue weighted by atomic mass is 16.3. The third kappa shape index (κ3) is 19.0. The van der Waals surface area contributed by atoms with Gasteiger partial charge in [-0.2, -0.15) is 0 Å². The molecule has 1 aliphatic heterocycles. The average Bonchev–Trinajstić information content (AvgIpc) is 4.35. The van der Waals surface area contributed by atoms with Crippen LogP contribution in [0.5, 0.6) is 5.75 Å². The number of phenols is 1. The Morgan fingerprint density at radius 1 is 0.720 bits per heavy atom. The Balaban J connectivity index is 1.39. The number of rotatable bonds is 31. The monoisotopic (exact) mass is 1140 g/mol. The zero-order valence-corrected chi connectivity index (χ0v) is 47.4. The quantitative estimate of drug-likeness (QED) is 0.0166. The molecule has 444 valence electrons. The van der Waals surface area contributed by atoms with Gasteiger partial charge in [-0.15, -0.1) is 0 Å². The van der Waals surface area contributed by atoms with Gasteiger partial charge in [-0.05, 0) is 74.1 Å². The number of hydrogen-bond donors (Lipinski definition) is 12. The van der Waals surface area contributed by atoms with Crippen LogP contribution in [0.4, 0.5) is 0 Å². The fourth-order valence-corrected chi connectivity index (χ4v) is 9.48. The molecule has 9 atom stereocenters. The smallest absolute Gasteiger partial charge is 0.246 e. The minimum atomic E-state index is -1.39. The fourth-order valence-electron chi connectivity index (χ4n) is 9.48. The molecule has 2 aromatic heterocycles. The summed E-state index contributed by atoms with van der Waals surface area (Å²) in [7, 11) is 1.41. The van der Waals surface area contributed by atoms with Crippen molar-refractivity contribution in [2.24, 2.45) is 34.0 Å². The maximum absolute atomic E-state index is 14.7. The molecule has 2 unspecified atom stereocenters. The average molecular weight is 1140 g/mol. The predicted octanol–water partition coefficient (Wildman–Crippen LogP) is -0.861. The number of nitrogens with zero attached hydrogens (tertiary/aromatic N) is 5. The van der Waals surface area contributed by atoms with Crippen LogP contribution in [-0.4, -0.2) is 169 Å². The first-order valence-corrected chi connectivity index (χ1v) is 27.5. The Bertz CT molecular complexity index is 2790. The van der Waals surface area contributed by atoms with Gasteiger partial charge in [0.05, 0.1) is 25.2 Å². The van der Waals surface area contributed by atoms with Gasteiger partial charge < -0.3 is 74.0 Å². The maximum atomic E-state index is 14.7. The molecule has 0 aliphatic carbocycles. The molecular weight excluding hydrogens is 1060 g/mol. The molecule has 0 saturated carbocycles. The number of aliphatic imine (C=N–C) groups is 1. The number of aromatic hydroxyl groups is 1. The first-order chi connectivity index (χ1) is 39.1. The number of carbonyl (C=O) groups excluding carboxylic acids is 9. The molecule has 26 nitrogen and oxygen atoms in total. The SMILES string of the molecule is CCC(C)[C@@H](NC(=O)[C@H](Cc1ccc(O)cc1)NC(=O)C(NC(=O)[C@H](CCCN=C(N)N)N(C)C(=O)CN)C(C)C)C(=O)N[C@@H](Cc1cnc[nH]1)C(=O)N[C@@H](Cc1cnc[nH]1)C(=O)N1CCC[C@H]1C(=O)N[C@@H](Cc1ccccc1)C(C)=O. The summed E-state index contributed by atoms with van der Waals surface area (Å²) in [6.07, 6.45) is 7.14. The van der Waals surface area contributed by atoms with Gasteiger partial charge in [0.15, 0.2) is 11.7 Å². The van der Waals surface area contributed by atoms with Crippen molar-refractivity contribution in [2.75, 3.05) is 26.7 Å². The highest BCUT2D eigenvalue weighted by molar-refractivity contribution is 5.98. The van der Waals surface area contributed by atoms with E-state index in [0.29, 0.717) is 42.6 Å². The number of carbonyl (C=O) groups is 9. The summed E-state index contributed by atoms with van der Waals surface area (Å²) >= 11 is 0. The molecule has 3 heterocycles. The normalized spacial score (nSPS) is 16.0. The van der Waals surface area contributed by atoms with Crippen LogP contribution in [0, 0.1) is 11.8 Å². The second kappa shape index (κ2) is 31.4. The van der Waals surface area contributed by atoms with E-state index in [1.165, 1.54) is 61.0 Å². The molecule has 0 bridgehead atoms. The van der Waals surface area contributed by atoms with E-state index in [1.54, 1.807) is 39.8 Å². The summed E-state index contributed by atoms with van der Waals surface area (Å²) in [6, 6.07) is 5.59. The van der Waals surface area contributed by atoms with E-state index in [9.17, 15) is 48.3 Å². The lowest BCUT2D eigenvalue weighted by Gasteiger charge is -2.32. The maximum Gasteiger partial charge on any atom is 0.246 e. The molecule has 15 N–H and O–H groups in total. The number of ketones is 1. The van der Waals surface area contributed by atoms with Crippen molar-refractivity contribution >= 4 is 59.0 Å². The van der Waals surface area contributed by atoms with Crippen molar-refractivity contribution in [3.05, 3.63) is 102 Å². The van der Waals surface area contributed by atoms with E-state index >= 15 is 0 Å². The lowest BCUT2D eigenvalue weighted by Crippen LogP contribution is -2.62. The number of hydrogen-bond acceptors (Lipinski definition) is 14. The Hall–Kier alpha value is -8.68. The van der Waals surface area contributed by atoms with E-state index in [1.807, 2.05) is 30.3 Å². The minimum absolute atomic E-state index is 0.0526. The van der Waals surface area contributed by atoms with Crippen LogP contribution in [0.25, 0.3) is 0 Å². The minimum Gasteiger partial charge on any atom is -0.508 e. The molecule has 5 rings (SSSR count). The van der Waals surface area contributed by atoms with E-state index < -0.39 is 107 Å². The third-order valence-corrected chi connectivity index (χ3v) is 14.5. The number of nitrogens with two attached hydrogens (primary N) is 3. The van der Waals surface area contributed by atoms with Gasteiger partial charge in [-0.1, -0.05) is 76.6 Å². The largest absolute Gasteiger partial charge is 0.508 e. The number of H-pyrrole nitrogens is 2. The van der Waals surface area contributed by atoms with Crippen molar-refractivity contribution < 1.29 is 48.3 Å². The molecule has 0 radical (unpaired) electrons. The molecule has 82 heavy (non-hydrogen) atoms. The van der Waals surface area contributed by atoms with Crippen LogP contribution < -0.4 is 49.1 Å². The van der Waals surface area contributed by atoms with E-state index in [-0.39, 0.29) is 69.2 Å². The van der Waals surface area contributed by atoms with Crippen molar-refractivity contribution in [2.45, 2.75) is 141 Å². The van der Waals surface area contributed by atoms with Gasteiger partial charge in [0.25, 0.3) is 0 Å². The van der Waals surface area contributed by atoms with Gasteiger partial charge >= 0.3 is 0 Å². The van der Waals surface area contributed by atoms with Crippen LogP contribution in [0.3, 0.4) is 0 Å². The lowest BCUT2D eigenvalue weighted by molar-refractivity contribution is -0.142. The molecule has 0 spiro atoms. The first-order valence-electron chi connectivity index (χ1n) is 27.5. The van der Waals surface area contributed by atoms with Gasteiger partial charge in [0.2, 0.25) is 47.3 Å². The highest BCUT2D eigenvalue weighted by Gasteiger charge is 2.41. The summed E-state index contributed by atoms with van der Waals surface area (Å²) in [5.41, 5.74) is 18.9. The van der Waals surface area contributed by atoms with Crippen LogP contribution in [0.15, 0.2) is 84.6 Å². The van der Waals surface area contributed by atoms with Crippen molar-refractivity contribution in [1.82, 2.24) is 61.6 Å². The van der Waals surface area contributed by atoms with Crippen molar-refractivity contribution in [3.8, 4) is 5.75 Å². The third-order valence-electron chi connectivity index (χ3n) is 14.5. The van der Waals surface area contributed by atoms with Crippen LogP contribution >= 0.6 is 0 Å². The van der Waals surface area contributed by atoms with Crippen LogP contribution in [0.2, 0.25) is 0 Å². The molecule has 2 aromatic carbocycles. The highest BCUT2D eigenvalue weighted by Crippen LogP contribution is 2.21. The molecule has 1 aliphatic rings. The standard InChI is InChI=1S/C56H80N16O10/c1-7-33(4)48(70-50(77)41(24-36-17-19-39(74)20-18-36)66-53(80)47(32(2)3)69-51(78)44(71(6)46(75)27-57)15-11-21-62-56(58)59)54(81)67-42(25-37-28-60-30-63-37)49(76)68-43(26-38-29-61-31-64-38)55(82)72-22-12-16-45(72)52(79)65-40(34(5)73)23-35-13-9-8-10-14-35/h8-10,13-14,17-20,28-33,40-45,47-48,74H,7,11-12,15-16,21-27,57H2,1-6H3,(H,60,63)(H,61,64)(H,65,79)(H,66,80)(H,67,81)(H,68,76)(H,69,78)(H,70,77)(H4,58,59,62)/t33?,40-,41-,42-,43-,44-,45-,47?,48+/m0/s1. The van der Waals surface area contributed by atoms with Crippen molar-refractivity contribution in [3.63, 3.8) is 0 Å². The van der Waals surface area contributed by atoms with E-state index in [2.05, 4.69) is 56.8 Å². The second-order valence-corrected chi connectivity index (χ2v) is 20.9. The number of Topliss-reactive ketones (excluding diaryl/α,β-unsaturated/α-hetero) is 1. The van der Waals surface area contributed by atoms with Gasteiger partial charge in [0, 0.05) is 63.2 Å². The van der Waals surface area contributed by atoms with E-state index in [4.69, 9.17) is 17.2 Å².